The molecule has 2 aromatic rings. The first-order chi connectivity index (χ1) is 12.4. The summed E-state index contributed by atoms with van der Waals surface area (Å²) in [6.07, 6.45) is 4.52. The van der Waals surface area contributed by atoms with Crippen LogP contribution in [0, 0.1) is 11.8 Å². The van der Waals surface area contributed by atoms with E-state index in [4.69, 9.17) is 0 Å². The molecule has 0 bridgehead atoms. The molecule has 1 N–H and O–H groups in total. The number of hydrogen-bond donors (Lipinski definition) is 1. The molecule has 0 radical (unpaired) electrons. The van der Waals surface area contributed by atoms with Crippen LogP contribution < -0.4 is 10.5 Å². The molecule has 138 valence electrons. The molecule has 1 saturated heterocycles. The van der Waals surface area contributed by atoms with E-state index in [1.54, 1.807) is 6.20 Å². The predicted molar refractivity (Wildman–Crippen MR) is 100 cm³/mol. The van der Waals surface area contributed by atoms with Crippen molar-refractivity contribution >= 4 is 22.8 Å². The van der Waals surface area contributed by atoms with Crippen molar-refractivity contribution in [2.75, 3.05) is 32.1 Å². The maximum Gasteiger partial charge on any atom is 0.259 e. The molecule has 0 spiro atoms. The van der Waals surface area contributed by atoms with Crippen LogP contribution in [-0.4, -0.2) is 52.9 Å². The Kier molecular flexibility index (Phi) is 4.17. The topological polar surface area (TPSA) is 82.2 Å². The van der Waals surface area contributed by atoms with Gasteiger partial charge in [-0.1, -0.05) is 6.92 Å². The zero-order chi connectivity index (χ0) is 18.4. The van der Waals surface area contributed by atoms with E-state index >= 15 is 0 Å². The second kappa shape index (κ2) is 6.37. The lowest BCUT2D eigenvalue weighted by molar-refractivity contribution is -0.134. The van der Waals surface area contributed by atoms with Gasteiger partial charge in [0.2, 0.25) is 11.9 Å². The number of amides is 1. The number of aromatic amines is 1. The fourth-order valence-electron chi connectivity index (χ4n) is 3.82. The molecule has 3 heterocycles. The second-order valence-corrected chi connectivity index (χ2v) is 7.86. The maximum atomic E-state index is 12.6. The van der Waals surface area contributed by atoms with Crippen molar-refractivity contribution in [1.82, 2.24) is 19.9 Å². The molecule has 1 amide bonds. The van der Waals surface area contributed by atoms with Crippen LogP contribution in [0.3, 0.4) is 0 Å². The average Bonchev–Trinajstić information content (AvgIpc) is 3.37. The average molecular weight is 355 g/mol. The van der Waals surface area contributed by atoms with E-state index in [-0.39, 0.29) is 23.3 Å². The highest BCUT2D eigenvalue weighted by Crippen LogP contribution is 2.40. The molecule has 2 aliphatic rings. The fraction of sp³-hybridized carbons (Fsp3) is 0.579. The van der Waals surface area contributed by atoms with Gasteiger partial charge >= 0.3 is 0 Å². The van der Waals surface area contributed by atoms with Crippen LogP contribution in [0.2, 0.25) is 0 Å². The third-order valence-corrected chi connectivity index (χ3v) is 5.60. The molecular weight excluding hydrogens is 330 g/mol. The number of carbonyl (C=O) groups is 1. The number of nitrogens with zero attached hydrogens (tertiary/aromatic N) is 4. The van der Waals surface area contributed by atoms with E-state index in [1.165, 1.54) is 0 Å². The zero-order valence-corrected chi connectivity index (χ0v) is 15.5. The number of hydrogen-bond acceptors (Lipinski definition) is 5. The molecule has 7 nitrogen and oxygen atoms in total. The van der Waals surface area contributed by atoms with Gasteiger partial charge in [0.1, 0.15) is 0 Å². The quantitative estimate of drug-likeness (QED) is 0.907. The summed E-state index contributed by atoms with van der Waals surface area (Å²) in [5, 5.41) is 0.495. The number of fused-ring (bicyclic) bond motifs is 1. The zero-order valence-electron chi connectivity index (χ0n) is 15.5. The Morgan fingerprint density at radius 2 is 2.15 bits per heavy atom. The van der Waals surface area contributed by atoms with Gasteiger partial charge in [-0.2, -0.15) is 0 Å². The van der Waals surface area contributed by atoms with Crippen molar-refractivity contribution in [3.63, 3.8) is 0 Å². The van der Waals surface area contributed by atoms with Crippen LogP contribution in [0.25, 0.3) is 10.9 Å². The lowest BCUT2D eigenvalue weighted by atomic mass is 9.93. The SMILES string of the molecule is C[C@@H]1C[C@H]1C(=O)N1CCC[C@@H](c2cc3nc(N(C)C)ncc3c(=O)[nH]2)C1. The van der Waals surface area contributed by atoms with Gasteiger partial charge in [0, 0.05) is 50.9 Å². The number of carbonyl (C=O) groups excluding carboxylic acids is 1. The largest absolute Gasteiger partial charge is 0.347 e. The van der Waals surface area contributed by atoms with Crippen LogP contribution in [0.15, 0.2) is 17.1 Å². The Labute approximate surface area is 152 Å². The van der Waals surface area contributed by atoms with Crippen molar-refractivity contribution < 1.29 is 4.79 Å². The summed E-state index contributed by atoms with van der Waals surface area (Å²) in [5.74, 6) is 1.74. The molecule has 0 unspecified atom stereocenters. The van der Waals surface area contributed by atoms with Gasteiger partial charge in [0.25, 0.3) is 5.56 Å². The van der Waals surface area contributed by atoms with Crippen LogP contribution in [0.5, 0.6) is 0 Å². The number of likely N-dealkylation sites (tertiary alicyclic amines) is 1. The summed E-state index contributed by atoms with van der Waals surface area (Å²) in [4.78, 5) is 40.6. The van der Waals surface area contributed by atoms with Crippen LogP contribution in [0.4, 0.5) is 5.95 Å². The van der Waals surface area contributed by atoms with Crippen molar-refractivity contribution in [2.24, 2.45) is 11.8 Å². The van der Waals surface area contributed by atoms with E-state index in [0.717, 1.165) is 31.5 Å². The first-order valence-electron chi connectivity index (χ1n) is 9.30. The van der Waals surface area contributed by atoms with Crippen LogP contribution in [0.1, 0.15) is 37.8 Å². The smallest absolute Gasteiger partial charge is 0.259 e. The van der Waals surface area contributed by atoms with Crippen LogP contribution in [-0.2, 0) is 4.79 Å². The highest BCUT2D eigenvalue weighted by molar-refractivity contribution is 5.82. The van der Waals surface area contributed by atoms with Crippen molar-refractivity contribution in [2.45, 2.75) is 32.1 Å². The lowest BCUT2D eigenvalue weighted by Gasteiger charge is -2.33. The predicted octanol–water partition coefficient (Wildman–Crippen LogP) is 1.75. The summed E-state index contributed by atoms with van der Waals surface area (Å²) in [6.45, 7) is 3.63. The molecule has 4 rings (SSSR count). The van der Waals surface area contributed by atoms with Gasteiger partial charge in [0.05, 0.1) is 10.9 Å². The summed E-state index contributed by atoms with van der Waals surface area (Å²) in [7, 11) is 3.75. The van der Waals surface area contributed by atoms with E-state index in [9.17, 15) is 9.59 Å². The lowest BCUT2D eigenvalue weighted by Crippen LogP contribution is -2.40. The molecule has 26 heavy (non-hydrogen) atoms. The molecule has 2 fully saturated rings. The Morgan fingerprint density at radius 3 is 2.85 bits per heavy atom. The van der Waals surface area contributed by atoms with Gasteiger partial charge in [0.15, 0.2) is 0 Å². The van der Waals surface area contributed by atoms with Gasteiger partial charge in [-0.05, 0) is 31.2 Å². The van der Waals surface area contributed by atoms with E-state index in [2.05, 4.69) is 21.9 Å². The highest BCUT2D eigenvalue weighted by atomic mass is 16.2. The minimum atomic E-state index is -0.165. The Bertz CT molecular complexity index is 906. The highest BCUT2D eigenvalue weighted by Gasteiger charge is 2.42. The van der Waals surface area contributed by atoms with Gasteiger partial charge in [-0.15, -0.1) is 0 Å². The van der Waals surface area contributed by atoms with E-state index in [1.807, 2.05) is 30.0 Å². The number of pyridine rings is 1. The van der Waals surface area contributed by atoms with Gasteiger partial charge in [-0.3, -0.25) is 9.59 Å². The molecule has 1 aliphatic heterocycles. The molecule has 3 atom stereocenters. The summed E-state index contributed by atoms with van der Waals surface area (Å²) < 4.78 is 0. The Hall–Kier alpha value is -2.44. The summed E-state index contributed by atoms with van der Waals surface area (Å²) in [5.41, 5.74) is 1.36. The van der Waals surface area contributed by atoms with Crippen molar-refractivity contribution in [3.8, 4) is 0 Å². The number of piperidine rings is 1. The molecule has 1 saturated carbocycles. The standard InChI is InChI=1S/C19H25N5O2/c1-11-7-13(11)18(26)24-6-4-5-12(10-24)15-8-16-14(17(25)21-15)9-20-19(22-16)23(2)3/h8-9,11-13H,4-7,10H2,1-3H3,(H,21,25)/t11-,12-,13-/m1/s1. The van der Waals surface area contributed by atoms with Crippen molar-refractivity contribution in [1.29, 1.82) is 0 Å². The number of anilines is 1. The molecular formula is C19H25N5O2. The Balaban J connectivity index is 1.62. The van der Waals surface area contributed by atoms with Gasteiger partial charge < -0.3 is 14.8 Å². The monoisotopic (exact) mass is 355 g/mol. The number of aromatic nitrogens is 3. The third kappa shape index (κ3) is 3.06. The van der Waals surface area contributed by atoms with Crippen molar-refractivity contribution in [3.05, 3.63) is 28.3 Å². The molecule has 7 heteroatoms. The minimum absolute atomic E-state index is 0.150. The fourth-order valence-corrected chi connectivity index (χ4v) is 3.82. The molecule has 2 aromatic heterocycles. The van der Waals surface area contributed by atoms with E-state index < -0.39 is 0 Å². The molecule has 1 aliphatic carbocycles. The normalized spacial score (nSPS) is 25.3. The number of rotatable bonds is 3. The van der Waals surface area contributed by atoms with E-state index in [0.29, 0.717) is 29.3 Å². The van der Waals surface area contributed by atoms with Gasteiger partial charge in [-0.25, -0.2) is 9.97 Å². The number of nitrogens with one attached hydrogen (secondary N) is 1. The number of H-pyrrole nitrogens is 1. The summed E-state index contributed by atoms with van der Waals surface area (Å²) >= 11 is 0. The second-order valence-electron chi connectivity index (χ2n) is 7.86. The molecule has 0 aromatic carbocycles. The first kappa shape index (κ1) is 17.0. The Morgan fingerprint density at radius 1 is 1.38 bits per heavy atom. The third-order valence-electron chi connectivity index (χ3n) is 5.60. The van der Waals surface area contributed by atoms with Crippen LogP contribution >= 0.6 is 0 Å². The minimum Gasteiger partial charge on any atom is -0.347 e. The maximum absolute atomic E-state index is 12.6. The first-order valence-corrected chi connectivity index (χ1v) is 9.30. The summed E-state index contributed by atoms with van der Waals surface area (Å²) in [6, 6.07) is 1.95.